The Morgan fingerprint density at radius 1 is 1.36 bits per heavy atom. The molecule has 0 saturated heterocycles. The smallest absolute Gasteiger partial charge is 0.125 e. The van der Waals surface area contributed by atoms with Crippen molar-refractivity contribution in [2.24, 2.45) is 0 Å². The summed E-state index contributed by atoms with van der Waals surface area (Å²) in [5.74, 6) is -0.162. The molecule has 1 heterocycles. The zero-order valence-corrected chi connectivity index (χ0v) is 8.39. The third-order valence-electron chi connectivity index (χ3n) is 2.64. The number of nitrogens with one attached hydrogen (secondary N) is 1. The Morgan fingerprint density at radius 3 is 3.07 bits per heavy atom. The van der Waals surface area contributed by atoms with E-state index in [1.54, 1.807) is 6.07 Å². The fraction of sp³-hybridized carbons (Fsp3) is 0.455. The Balaban J connectivity index is 2.24. The Labute approximate surface area is 83.7 Å². The number of fused-ring (bicyclic) bond motifs is 1. The zero-order valence-electron chi connectivity index (χ0n) is 8.39. The molecule has 0 bridgehead atoms. The van der Waals surface area contributed by atoms with Crippen molar-refractivity contribution in [2.45, 2.75) is 6.42 Å². The maximum atomic E-state index is 13.0. The minimum absolute atomic E-state index is 0.162. The molecule has 0 aromatic heterocycles. The van der Waals surface area contributed by atoms with Crippen LogP contribution in [-0.4, -0.2) is 31.6 Å². The fourth-order valence-corrected chi connectivity index (χ4v) is 1.74. The molecule has 0 aliphatic carbocycles. The molecule has 0 radical (unpaired) electrons. The van der Waals surface area contributed by atoms with Gasteiger partial charge in [-0.25, -0.2) is 4.39 Å². The van der Waals surface area contributed by atoms with E-state index < -0.39 is 0 Å². The Hall–Kier alpha value is -1.09. The summed E-state index contributed by atoms with van der Waals surface area (Å²) in [6.45, 7) is 2.93. The number of nitrogens with zero attached hydrogens (tertiary/aromatic N) is 1. The highest BCUT2D eigenvalue weighted by atomic mass is 19.1. The number of hydrogen-bond donors (Lipinski definition) is 1. The van der Waals surface area contributed by atoms with Gasteiger partial charge in [-0.2, -0.15) is 0 Å². The number of halogens is 1. The van der Waals surface area contributed by atoms with Crippen LogP contribution in [0.2, 0.25) is 0 Å². The maximum absolute atomic E-state index is 13.0. The first-order chi connectivity index (χ1) is 6.75. The monoisotopic (exact) mass is 194 g/mol. The van der Waals surface area contributed by atoms with Crippen LogP contribution in [0.25, 0.3) is 0 Å². The molecule has 1 aromatic rings. The number of hydrogen-bond acceptors (Lipinski definition) is 2. The molecule has 0 atom stereocenters. The lowest BCUT2D eigenvalue weighted by atomic mass is 10.1. The molecule has 3 heteroatoms. The van der Waals surface area contributed by atoms with Gasteiger partial charge in [0, 0.05) is 25.3 Å². The zero-order chi connectivity index (χ0) is 9.97. The minimum Gasteiger partial charge on any atom is -0.383 e. The van der Waals surface area contributed by atoms with Gasteiger partial charge in [0.1, 0.15) is 5.82 Å². The van der Waals surface area contributed by atoms with Crippen molar-refractivity contribution in [3.8, 4) is 0 Å². The molecule has 14 heavy (non-hydrogen) atoms. The first-order valence-electron chi connectivity index (χ1n) is 4.96. The molecule has 76 valence electrons. The van der Waals surface area contributed by atoms with E-state index in [0.717, 1.165) is 31.7 Å². The van der Waals surface area contributed by atoms with Gasteiger partial charge in [-0.15, -0.1) is 0 Å². The lowest BCUT2D eigenvalue weighted by Crippen LogP contribution is -2.29. The molecule has 0 spiro atoms. The first-order valence-corrected chi connectivity index (χ1v) is 4.96. The molecule has 1 aliphatic rings. The molecule has 0 fully saturated rings. The van der Waals surface area contributed by atoms with E-state index in [0.29, 0.717) is 0 Å². The Morgan fingerprint density at radius 2 is 2.21 bits per heavy atom. The van der Waals surface area contributed by atoms with Crippen molar-refractivity contribution >= 4 is 5.69 Å². The lowest BCUT2D eigenvalue weighted by Gasteiger charge is -2.22. The highest BCUT2D eigenvalue weighted by Gasteiger charge is 2.09. The standard InChI is InChI=1S/C11H15FN2/c1-14-6-4-9-2-3-10(12)8-11(9)13-5-7-14/h2-3,8,13H,4-7H2,1H3. The van der Waals surface area contributed by atoms with E-state index in [2.05, 4.69) is 17.3 Å². The van der Waals surface area contributed by atoms with Crippen molar-refractivity contribution in [1.82, 2.24) is 4.90 Å². The summed E-state index contributed by atoms with van der Waals surface area (Å²) in [5.41, 5.74) is 2.16. The van der Waals surface area contributed by atoms with Gasteiger partial charge in [-0.1, -0.05) is 6.07 Å². The highest BCUT2D eigenvalue weighted by Crippen LogP contribution is 2.19. The fourth-order valence-electron chi connectivity index (χ4n) is 1.74. The predicted molar refractivity (Wildman–Crippen MR) is 56.1 cm³/mol. The second-order valence-electron chi connectivity index (χ2n) is 3.78. The topological polar surface area (TPSA) is 15.3 Å². The van der Waals surface area contributed by atoms with Crippen LogP contribution < -0.4 is 5.32 Å². The maximum Gasteiger partial charge on any atom is 0.125 e. The first kappa shape index (κ1) is 9.46. The van der Waals surface area contributed by atoms with Crippen molar-refractivity contribution in [1.29, 1.82) is 0 Å². The SMILES string of the molecule is CN1CCNc2cc(F)ccc2CC1. The summed E-state index contributed by atoms with van der Waals surface area (Å²) in [5, 5.41) is 3.25. The molecular weight excluding hydrogens is 179 g/mol. The van der Waals surface area contributed by atoms with Gasteiger partial charge in [-0.05, 0) is 31.2 Å². The van der Waals surface area contributed by atoms with Gasteiger partial charge in [0.25, 0.3) is 0 Å². The van der Waals surface area contributed by atoms with Crippen molar-refractivity contribution in [3.63, 3.8) is 0 Å². The van der Waals surface area contributed by atoms with E-state index >= 15 is 0 Å². The summed E-state index contributed by atoms with van der Waals surface area (Å²) in [4.78, 5) is 2.28. The average Bonchev–Trinajstić information content (AvgIpc) is 2.13. The van der Waals surface area contributed by atoms with Crippen LogP contribution in [-0.2, 0) is 6.42 Å². The number of rotatable bonds is 0. The molecule has 1 aromatic carbocycles. The van der Waals surface area contributed by atoms with Gasteiger partial charge in [0.15, 0.2) is 0 Å². The molecule has 1 aliphatic heterocycles. The molecular formula is C11H15FN2. The second kappa shape index (κ2) is 3.96. The van der Waals surface area contributed by atoms with E-state index in [-0.39, 0.29) is 5.82 Å². The molecule has 0 amide bonds. The highest BCUT2D eigenvalue weighted by molar-refractivity contribution is 5.51. The second-order valence-corrected chi connectivity index (χ2v) is 3.78. The summed E-state index contributed by atoms with van der Waals surface area (Å²) in [6, 6.07) is 4.99. The third kappa shape index (κ3) is 2.04. The van der Waals surface area contributed by atoms with Gasteiger partial charge >= 0.3 is 0 Å². The van der Waals surface area contributed by atoms with Crippen LogP contribution in [0.4, 0.5) is 10.1 Å². The molecule has 0 saturated carbocycles. The largest absolute Gasteiger partial charge is 0.383 e. The summed E-state index contributed by atoms with van der Waals surface area (Å²) < 4.78 is 13.0. The summed E-state index contributed by atoms with van der Waals surface area (Å²) >= 11 is 0. The van der Waals surface area contributed by atoms with E-state index in [1.165, 1.54) is 11.6 Å². The van der Waals surface area contributed by atoms with Crippen LogP contribution >= 0.6 is 0 Å². The van der Waals surface area contributed by atoms with Gasteiger partial charge in [-0.3, -0.25) is 0 Å². The number of likely N-dealkylation sites (N-methyl/N-ethyl adjacent to an activating group) is 1. The lowest BCUT2D eigenvalue weighted by molar-refractivity contribution is 0.348. The molecule has 2 rings (SSSR count). The normalized spacial score (nSPS) is 17.9. The van der Waals surface area contributed by atoms with E-state index in [9.17, 15) is 4.39 Å². The summed E-state index contributed by atoms with van der Waals surface area (Å²) in [7, 11) is 2.11. The van der Waals surface area contributed by atoms with Crippen molar-refractivity contribution in [3.05, 3.63) is 29.6 Å². The minimum atomic E-state index is -0.162. The third-order valence-corrected chi connectivity index (χ3v) is 2.64. The van der Waals surface area contributed by atoms with Crippen LogP contribution in [0.5, 0.6) is 0 Å². The average molecular weight is 194 g/mol. The summed E-state index contributed by atoms with van der Waals surface area (Å²) in [6.07, 6.45) is 0.985. The van der Waals surface area contributed by atoms with E-state index in [4.69, 9.17) is 0 Å². The van der Waals surface area contributed by atoms with E-state index in [1.807, 2.05) is 6.07 Å². The van der Waals surface area contributed by atoms with Crippen LogP contribution in [0.3, 0.4) is 0 Å². The molecule has 2 nitrogen and oxygen atoms in total. The Bertz CT molecular complexity index is 325. The van der Waals surface area contributed by atoms with Crippen molar-refractivity contribution in [2.75, 3.05) is 32.0 Å². The van der Waals surface area contributed by atoms with Gasteiger partial charge in [0.05, 0.1) is 0 Å². The van der Waals surface area contributed by atoms with Gasteiger partial charge < -0.3 is 10.2 Å². The molecule has 0 unspecified atom stereocenters. The Kier molecular flexibility index (Phi) is 2.68. The van der Waals surface area contributed by atoms with Crippen LogP contribution in [0.1, 0.15) is 5.56 Å². The predicted octanol–water partition coefficient (Wildman–Crippen LogP) is 1.73. The number of anilines is 1. The number of benzene rings is 1. The van der Waals surface area contributed by atoms with Crippen LogP contribution in [0.15, 0.2) is 18.2 Å². The van der Waals surface area contributed by atoms with Crippen LogP contribution in [0, 0.1) is 5.82 Å². The van der Waals surface area contributed by atoms with Gasteiger partial charge in [0.2, 0.25) is 0 Å². The molecule has 1 N–H and O–H groups in total. The van der Waals surface area contributed by atoms with Crippen molar-refractivity contribution < 1.29 is 4.39 Å². The quantitative estimate of drug-likeness (QED) is 0.676.